The molecule has 0 aromatic carbocycles. The van der Waals surface area contributed by atoms with Gasteiger partial charge in [-0.25, -0.2) is 0 Å². The Morgan fingerprint density at radius 3 is 2.81 bits per heavy atom. The molecule has 0 aliphatic carbocycles. The van der Waals surface area contributed by atoms with Crippen LogP contribution in [-0.4, -0.2) is 21.1 Å². The van der Waals surface area contributed by atoms with Crippen molar-refractivity contribution in [3.05, 3.63) is 28.7 Å². The number of hydrogen-bond donors (Lipinski definition) is 1. The van der Waals surface area contributed by atoms with Crippen LogP contribution in [0.5, 0.6) is 0 Å². The highest BCUT2D eigenvalue weighted by Gasteiger charge is 2.33. The summed E-state index contributed by atoms with van der Waals surface area (Å²) in [6, 6.07) is 0.765. The third-order valence-electron chi connectivity index (χ3n) is 3.86. The first-order chi connectivity index (χ1) is 9.88. The van der Waals surface area contributed by atoms with Crippen molar-refractivity contribution >= 4 is 17.2 Å². The SMILES string of the molecule is CC1CCCNC1c1nnc2c(Cl)cc(C(F)(F)F)cn12. The molecule has 1 saturated heterocycles. The number of piperidine rings is 1. The van der Waals surface area contributed by atoms with Crippen LogP contribution in [0.4, 0.5) is 13.2 Å². The summed E-state index contributed by atoms with van der Waals surface area (Å²) < 4.78 is 40.1. The predicted molar refractivity (Wildman–Crippen MR) is 72.1 cm³/mol. The van der Waals surface area contributed by atoms with Crippen molar-refractivity contribution in [3.63, 3.8) is 0 Å². The van der Waals surface area contributed by atoms with Crippen LogP contribution in [0.2, 0.25) is 5.02 Å². The van der Waals surface area contributed by atoms with Gasteiger partial charge in [0.15, 0.2) is 11.5 Å². The summed E-state index contributed by atoms with van der Waals surface area (Å²) in [6.07, 6.45) is -1.40. The van der Waals surface area contributed by atoms with Gasteiger partial charge in [0.2, 0.25) is 0 Å². The molecule has 2 aromatic heterocycles. The highest BCUT2D eigenvalue weighted by molar-refractivity contribution is 6.33. The third kappa shape index (κ3) is 2.60. The first-order valence-corrected chi connectivity index (χ1v) is 7.10. The molecular formula is C13H14ClF3N4. The molecule has 21 heavy (non-hydrogen) atoms. The number of hydrogen-bond acceptors (Lipinski definition) is 3. The molecule has 3 heterocycles. The van der Waals surface area contributed by atoms with E-state index in [0.717, 1.165) is 31.6 Å². The van der Waals surface area contributed by atoms with Gasteiger partial charge in [-0.2, -0.15) is 13.2 Å². The summed E-state index contributed by atoms with van der Waals surface area (Å²) in [7, 11) is 0. The van der Waals surface area contributed by atoms with E-state index in [2.05, 4.69) is 15.5 Å². The molecule has 1 fully saturated rings. The average Bonchev–Trinajstić information content (AvgIpc) is 2.82. The number of rotatable bonds is 1. The second kappa shape index (κ2) is 5.14. The Morgan fingerprint density at radius 2 is 2.14 bits per heavy atom. The molecule has 114 valence electrons. The molecule has 8 heteroatoms. The molecule has 0 amide bonds. The molecule has 0 radical (unpaired) electrons. The van der Waals surface area contributed by atoms with Gasteiger partial charge in [-0.1, -0.05) is 18.5 Å². The number of fused-ring (bicyclic) bond motifs is 1. The van der Waals surface area contributed by atoms with E-state index < -0.39 is 11.7 Å². The zero-order chi connectivity index (χ0) is 15.2. The van der Waals surface area contributed by atoms with Crippen LogP contribution in [0.1, 0.15) is 37.2 Å². The van der Waals surface area contributed by atoms with E-state index in [1.54, 1.807) is 0 Å². The van der Waals surface area contributed by atoms with Gasteiger partial charge in [0.25, 0.3) is 0 Å². The number of nitrogens with one attached hydrogen (secondary N) is 1. The zero-order valence-corrected chi connectivity index (χ0v) is 12.0. The molecule has 3 rings (SSSR count). The van der Waals surface area contributed by atoms with E-state index in [1.807, 2.05) is 6.92 Å². The lowest BCUT2D eigenvalue weighted by Crippen LogP contribution is -2.34. The fraction of sp³-hybridized carbons (Fsp3) is 0.538. The van der Waals surface area contributed by atoms with Crippen LogP contribution >= 0.6 is 11.6 Å². The fourth-order valence-corrected chi connectivity index (χ4v) is 2.98. The number of nitrogens with zero attached hydrogens (tertiary/aromatic N) is 3. The Hall–Kier alpha value is -1.34. The second-order valence-corrected chi connectivity index (χ2v) is 5.78. The minimum atomic E-state index is -4.45. The van der Waals surface area contributed by atoms with Gasteiger partial charge in [0.1, 0.15) is 0 Å². The van der Waals surface area contributed by atoms with Crippen molar-refractivity contribution in [2.75, 3.05) is 6.54 Å². The first kappa shape index (κ1) is 14.6. The lowest BCUT2D eigenvalue weighted by atomic mass is 9.92. The Morgan fingerprint density at radius 1 is 1.38 bits per heavy atom. The number of aromatic nitrogens is 3. The minimum absolute atomic E-state index is 0.0490. The summed E-state index contributed by atoms with van der Waals surface area (Å²) in [6.45, 7) is 2.86. The highest BCUT2D eigenvalue weighted by atomic mass is 35.5. The molecular weight excluding hydrogens is 305 g/mol. The predicted octanol–water partition coefficient (Wildman–Crippen LogP) is 3.46. The third-order valence-corrected chi connectivity index (χ3v) is 4.14. The maximum absolute atomic E-state index is 12.9. The number of alkyl halides is 3. The quantitative estimate of drug-likeness (QED) is 0.875. The summed E-state index contributed by atoms with van der Waals surface area (Å²) in [5, 5.41) is 11.2. The topological polar surface area (TPSA) is 42.2 Å². The van der Waals surface area contributed by atoms with Crippen molar-refractivity contribution in [3.8, 4) is 0 Å². The largest absolute Gasteiger partial charge is 0.417 e. The van der Waals surface area contributed by atoms with Gasteiger partial charge in [-0.15, -0.1) is 10.2 Å². The highest BCUT2D eigenvalue weighted by Crippen LogP contribution is 2.34. The van der Waals surface area contributed by atoms with Crippen LogP contribution in [0.25, 0.3) is 5.65 Å². The fourth-order valence-electron chi connectivity index (χ4n) is 2.73. The number of pyridine rings is 1. The van der Waals surface area contributed by atoms with E-state index >= 15 is 0 Å². The van der Waals surface area contributed by atoms with Crippen molar-refractivity contribution < 1.29 is 13.2 Å². The lowest BCUT2D eigenvalue weighted by Gasteiger charge is -2.28. The van der Waals surface area contributed by atoms with Crippen LogP contribution in [0.3, 0.4) is 0 Å². The smallest absolute Gasteiger partial charge is 0.307 e. The van der Waals surface area contributed by atoms with E-state index in [1.165, 1.54) is 4.40 Å². The minimum Gasteiger partial charge on any atom is -0.307 e. The summed E-state index contributed by atoms with van der Waals surface area (Å²) in [5.41, 5.74) is -0.552. The van der Waals surface area contributed by atoms with Gasteiger partial charge in [-0.05, 0) is 31.4 Å². The van der Waals surface area contributed by atoms with Crippen LogP contribution in [0, 0.1) is 5.92 Å². The number of halogens is 4. The first-order valence-electron chi connectivity index (χ1n) is 6.72. The molecule has 1 aliphatic rings. The Labute approximate surface area is 124 Å². The average molecular weight is 319 g/mol. The van der Waals surface area contributed by atoms with Crippen molar-refractivity contribution in [1.82, 2.24) is 19.9 Å². The van der Waals surface area contributed by atoms with Gasteiger partial charge in [0.05, 0.1) is 16.6 Å². The van der Waals surface area contributed by atoms with Crippen LogP contribution < -0.4 is 5.32 Å². The Bertz CT molecular complexity index is 667. The van der Waals surface area contributed by atoms with Crippen molar-refractivity contribution in [1.29, 1.82) is 0 Å². The van der Waals surface area contributed by atoms with Gasteiger partial charge in [-0.3, -0.25) is 4.40 Å². The van der Waals surface area contributed by atoms with Gasteiger partial charge in [0, 0.05) is 6.20 Å². The summed E-state index contributed by atoms with van der Waals surface area (Å²) in [5.74, 6) is 0.754. The van der Waals surface area contributed by atoms with Crippen LogP contribution in [-0.2, 0) is 6.18 Å². The van der Waals surface area contributed by atoms with E-state index in [-0.39, 0.29) is 22.6 Å². The van der Waals surface area contributed by atoms with Gasteiger partial charge < -0.3 is 5.32 Å². The van der Waals surface area contributed by atoms with E-state index in [9.17, 15) is 13.2 Å². The Kier molecular flexibility index (Phi) is 3.57. The van der Waals surface area contributed by atoms with E-state index in [4.69, 9.17) is 11.6 Å². The molecule has 2 atom stereocenters. The van der Waals surface area contributed by atoms with Crippen LogP contribution in [0.15, 0.2) is 12.3 Å². The van der Waals surface area contributed by atoms with Gasteiger partial charge >= 0.3 is 6.18 Å². The molecule has 0 bridgehead atoms. The summed E-state index contributed by atoms with van der Waals surface area (Å²) >= 11 is 5.91. The lowest BCUT2D eigenvalue weighted by molar-refractivity contribution is -0.137. The molecule has 4 nitrogen and oxygen atoms in total. The maximum atomic E-state index is 12.9. The monoisotopic (exact) mass is 318 g/mol. The second-order valence-electron chi connectivity index (χ2n) is 5.38. The molecule has 2 aromatic rings. The van der Waals surface area contributed by atoms with Crippen molar-refractivity contribution in [2.24, 2.45) is 5.92 Å². The van der Waals surface area contributed by atoms with E-state index in [0.29, 0.717) is 5.82 Å². The molecule has 2 unspecified atom stereocenters. The Balaban J connectivity index is 2.13. The normalized spacial score (nSPS) is 23.7. The standard InChI is InChI=1S/C13H14ClF3N4/c1-7-3-2-4-18-10(7)12-20-19-11-9(14)5-8(6-21(11)12)13(15,16)17/h5-7,10,18H,2-4H2,1H3. The summed E-state index contributed by atoms with van der Waals surface area (Å²) in [4.78, 5) is 0. The molecule has 0 saturated carbocycles. The molecule has 1 N–H and O–H groups in total. The molecule has 0 spiro atoms. The molecule has 1 aliphatic heterocycles. The zero-order valence-electron chi connectivity index (χ0n) is 11.3. The van der Waals surface area contributed by atoms with Crippen molar-refractivity contribution in [2.45, 2.75) is 32.0 Å². The maximum Gasteiger partial charge on any atom is 0.417 e.